The first-order chi connectivity index (χ1) is 11.0. The highest BCUT2D eigenvalue weighted by Gasteiger charge is 2.23. The third kappa shape index (κ3) is 6.23. The van der Waals surface area contributed by atoms with Gasteiger partial charge in [0.25, 0.3) is 0 Å². The fourth-order valence-electron chi connectivity index (χ4n) is 2.19. The second kappa shape index (κ2) is 9.78. The number of benzene rings is 1. The van der Waals surface area contributed by atoms with E-state index in [2.05, 4.69) is 4.74 Å². The highest BCUT2D eigenvalue weighted by atomic mass is 19.1. The van der Waals surface area contributed by atoms with E-state index in [0.717, 1.165) is 5.56 Å². The van der Waals surface area contributed by atoms with E-state index in [1.165, 1.54) is 14.2 Å². The maximum Gasteiger partial charge on any atom is 0.322 e. The van der Waals surface area contributed by atoms with Crippen molar-refractivity contribution in [2.24, 2.45) is 11.7 Å². The topological polar surface area (TPSA) is 87.9 Å². The molecule has 1 rings (SSSR count). The van der Waals surface area contributed by atoms with Crippen molar-refractivity contribution in [3.63, 3.8) is 0 Å². The molecule has 1 unspecified atom stereocenters. The van der Waals surface area contributed by atoms with Crippen molar-refractivity contribution < 1.29 is 28.2 Å². The van der Waals surface area contributed by atoms with Gasteiger partial charge < -0.3 is 19.9 Å². The summed E-state index contributed by atoms with van der Waals surface area (Å²) in [4.78, 5) is 23.2. The Morgan fingerprint density at radius 2 is 1.70 bits per heavy atom. The Morgan fingerprint density at radius 1 is 1.09 bits per heavy atom. The van der Waals surface area contributed by atoms with E-state index in [1.54, 1.807) is 24.3 Å². The Hall–Kier alpha value is -2.15. The molecule has 2 atom stereocenters. The van der Waals surface area contributed by atoms with Crippen LogP contribution in [0.3, 0.4) is 0 Å². The van der Waals surface area contributed by atoms with Crippen LogP contribution in [0.1, 0.15) is 18.4 Å². The van der Waals surface area contributed by atoms with Gasteiger partial charge in [-0.1, -0.05) is 12.1 Å². The zero-order valence-electron chi connectivity index (χ0n) is 13.3. The van der Waals surface area contributed by atoms with Crippen LogP contribution < -0.4 is 10.5 Å². The summed E-state index contributed by atoms with van der Waals surface area (Å²) in [5.74, 6) is -0.894. The number of rotatable bonds is 9. The van der Waals surface area contributed by atoms with E-state index in [-0.39, 0.29) is 5.97 Å². The molecule has 23 heavy (non-hydrogen) atoms. The fraction of sp³-hybridized carbons (Fsp3) is 0.500. The van der Waals surface area contributed by atoms with Gasteiger partial charge in [-0.3, -0.25) is 9.59 Å². The van der Waals surface area contributed by atoms with Gasteiger partial charge >= 0.3 is 11.9 Å². The molecule has 1 aromatic rings. The van der Waals surface area contributed by atoms with Gasteiger partial charge in [-0.15, -0.1) is 0 Å². The number of carbonyl (C=O) groups is 2. The third-order valence-corrected chi connectivity index (χ3v) is 3.49. The van der Waals surface area contributed by atoms with Crippen LogP contribution in [0.25, 0.3) is 0 Å². The second-order valence-electron chi connectivity index (χ2n) is 5.03. The van der Waals surface area contributed by atoms with Crippen molar-refractivity contribution in [1.29, 1.82) is 0 Å². The van der Waals surface area contributed by atoms with E-state index >= 15 is 0 Å². The average molecular weight is 327 g/mol. The van der Waals surface area contributed by atoms with Crippen molar-refractivity contribution in [3.8, 4) is 5.75 Å². The zero-order valence-corrected chi connectivity index (χ0v) is 13.3. The van der Waals surface area contributed by atoms with E-state index in [4.69, 9.17) is 15.2 Å². The normalized spacial score (nSPS) is 13.0. The van der Waals surface area contributed by atoms with Crippen molar-refractivity contribution in [2.75, 3.05) is 21.1 Å². The molecule has 0 saturated carbocycles. The smallest absolute Gasteiger partial charge is 0.322 e. The van der Waals surface area contributed by atoms with Gasteiger partial charge in [-0.2, -0.15) is 0 Å². The molecule has 0 aliphatic rings. The van der Waals surface area contributed by atoms with Gasteiger partial charge in [0.2, 0.25) is 6.86 Å². The number of esters is 2. The average Bonchev–Trinajstić information content (AvgIpc) is 2.58. The molecule has 128 valence electrons. The molecule has 2 N–H and O–H groups in total. The van der Waals surface area contributed by atoms with Gasteiger partial charge in [0.15, 0.2) is 0 Å². The van der Waals surface area contributed by atoms with Crippen molar-refractivity contribution in [2.45, 2.75) is 25.3 Å². The van der Waals surface area contributed by atoms with Crippen LogP contribution in [0.4, 0.5) is 4.39 Å². The molecule has 0 heterocycles. The Labute approximate surface area is 134 Å². The van der Waals surface area contributed by atoms with Crippen LogP contribution in [0.2, 0.25) is 0 Å². The number of hydrogen-bond acceptors (Lipinski definition) is 6. The molecule has 0 amide bonds. The molecular formula is C16H22FNO5. The molecule has 0 aromatic heterocycles. The SMILES string of the molecule is COC(=O)C(CC[C@H](N)C(=O)OC)Cc1ccc(OCF)cc1. The Morgan fingerprint density at radius 3 is 2.22 bits per heavy atom. The summed E-state index contributed by atoms with van der Waals surface area (Å²) in [6.07, 6.45) is 1.14. The first-order valence-electron chi connectivity index (χ1n) is 7.20. The minimum absolute atomic E-state index is 0.315. The van der Waals surface area contributed by atoms with E-state index in [9.17, 15) is 14.0 Å². The molecular weight excluding hydrogens is 305 g/mol. The lowest BCUT2D eigenvalue weighted by Crippen LogP contribution is -2.33. The number of hydrogen-bond donors (Lipinski definition) is 1. The summed E-state index contributed by atoms with van der Waals surface area (Å²) in [5, 5.41) is 0. The van der Waals surface area contributed by atoms with Crippen molar-refractivity contribution in [1.82, 2.24) is 0 Å². The summed E-state index contributed by atoms with van der Waals surface area (Å²) in [7, 11) is 2.58. The van der Waals surface area contributed by atoms with Crippen molar-refractivity contribution in [3.05, 3.63) is 29.8 Å². The zero-order chi connectivity index (χ0) is 17.2. The third-order valence-electron chi connectivity index (χ3n) is 3.49. The van der Waals surface area contributed by atoms with E-state index in [1.807, 2.05) is 0 Å². The van der Waals surface area contributed by atoms with Crippen LogP contribution in [-0.4, -0.2) is 39.1 Å². The maximum atomic E-state index is 12.1. The second-order valence-corrected chi connectivity index (χ2v) is 5.03. The fourth-order valence-corrected chi connectivity index (χ4v) is 2.19. The Bertz CT molecular complexity index is 506. The first kappa shape index (κ1) is 18.9. The molecule has 0 radical (unpaired) electrons. The predicted octanol–water partition coefficient (Wildman–Crippen LogP) is 1.60. The Balaban J connectivity index is 2.67. The predicted molar refractivity (Wildman–Crippen MR) is 81.5 cm³/mol. The first-order valence-corrected chi connectivity index (χ1v) is 7.20. The number of halogens is 1. The number of methoxy groups -OCH3 is 2. The van der Waals surface area contributed by atoms with Gasteiger partial charge in [0, 0.05) is 0 Å². The van der Waals surface area contributed by atoms with Crippen LogP contribution in [0.5, 0.6) is 5.75 Å². The molecule has 1 aromatic carbocycles. The minimum Gasteiger partial charge on any atom is -0.469 e. The molecule has 0 fully saturated rings. The summed E-state index contributed by atoms with van der Waals surface area (Å²) in [5.41, 5.74) is 6.56. The van der Waals surface area contributed by atoms with Gasteiger partial charge in [-0.25, -0.2) is 4.39 Å². The summed E-state index contributed by atoms with van der Waals surface area (Å²) < 4.78 is 26.2. The molecule has 0 spiro atoms. The maximum absolute atomic E-state index is 12.1. The van der Waals surface area contributed by atoms with Crippen LogP contribution in [0.15, 0.2) is 24.3 Å². The summed E-state index contributed by atoms with van der Waals surface area (Å²) in [6.45, 7) is -0.893. The molecule has 0 saturated heterocycles. The van der Waals surface area contributed by atoms with E-state index < -0.39 is 24.8 Å². The number of ether oxygens (including phenoxy) is 3. The van der Waals surface area contributed by atoms with Crippen LogP contribution in [0, 0.1) is 5.92 Å². The van der Waals surface area contributed by atoms with E-state index in [0.29, 0.717) is 25.0 Å². The lowest BCUT2D eigenvalue weighted by Gasteiger charge is -2.16. The van der Waals surface area contributed by atoms with Gasteiger partial charge in [0.05, 0.1) is 20.1 Å². The lowest BCUT2D eigenvalue weighted by atomic mass is 9.93. The minimum atomic E-state index is -0.893. The van der Waals surface area contributed by atoms with Crippen LogP contribution >= 0.6 is 0 Å². The number of alkyl halides is 1. The highest BCUT2D eigenvalue weighted by molar-refractivity contribution is 5.76. The quantitative estimate of drug-likeness (QED) is 0.693. The number of carbonyl (C=O) groups excluding carboxylic acids is 2. The van der Waals surface area contributed by atoms with Crippen LogP contribution in [-0.2, 0) is 25.5 Å². The highest BCUT2D eigenvalue weighted by Crippen LogP contribution is 2.19. The van der Waals surface area contributed by atoms with Crippen molar-refractivity contribution >= 4 is 11.9 Å². The standard InChI is InChI=1S/C16H22FNO5/c1-21-15(19)12(5-8-14(18)16(20)22-2)9-11-3-6-13(7-4-11)23-10-17/h3-4,6-7,12,14H,5,8-10,18H2,1-2H3/t12?,14-/m0/s1. The molecule has 0 bridgehead atoms. The molecule has 0 aliphatic carbocycles. The molecule has 7 heteroatoms. The Kier molecular flexibility index (Phi) is 8.04. The largest absolute Gasteiger partial charge is 0.469 e. The monoisotopic (exact) mass is 327 g/mol. The lowest BCUT2D eigenvalue weighted by molar-refractivity contribution is -0.147. The molecule has 6 nitrogen and oxygen atoms in total. The summed E-state index contributed by atoms with van der Waals surface area (Å²) >= 11 is 0. The van der Waals surface area contributed by atoms with Gasteiger partial charge in [-0.05, 0) is 37.0 Å². The number of nitrogens with two attached hydrogens (primary N) is 1. The molecule has 0 aliphatic heterocycles. The van der Waals surface area contributed by atoms with Gasteiger partial charge in [0.1, 0.15) is 11.8 Å². The summed E-state index contributed by atoms with van der Waals surface area (Å²) in [6, 6.07) is 5.99.